The predicted octanol–water partition coefficient (Wildman–Crippen LogP) is 3.88. The van der Waals surface area contributed by atoms with Crippen LogP contribution in [0.4, 0.5) is 0 Å². The van der Waals surface area contributed by atoms with Crippen LogP contribution < -0.4 is 5.32 Å². The summed E-state index contributed by atoms with van der Waals surface area (Å²) >= 11 is 7.75. The Balaban J connectivity index is 1.75. The van der Waals surface area contributed by atoms with E-state index >= 15 is 0 Å². The van der Waals surface area contributed by atoms with E-state index in [0.29, 0.717) is 5.41 Å². The molecular weight excluding hydrogens is 262 g/mol. The van der Waals surface area contributed by atoms with Gasteiger partial charge in [-0.05, 0) is 52.9 Å². The highest BCUT2D eigenvalue weighted by molar-refractivity contribution is 7.07. The first-order valence-corrected chi connectivity index (χ1v) is 7.58. The lowest BCUT2D eigenvalue weighted by Crippen LogP contribution is -2.57. The molecule has 0 aliphatic carbocycles. The van der Waals surface area contributed by atoms with Crippen molar-refractivity contribution in [2.45, 2.75) is 18.3 Å². The van der Waals surface area contributed by atoms with Gasteiger partial charge >= 0.3 is 0 Å². The van der Waals surface area contributed by atoms with Gasteiger partial charge in [0.2, 0.25) is 0 Å². The van der Waals surface area contributed by atoms with Crippen molar-refractivity contribution < 1.29 is 0 Å². The maximum atomic E-state index is 5.97. The van der Waals surface area contributed by atoms with Crippen LogP contribution in [0.2, 0.25) is 5.02 Å². The number of benzene rings is 1. The topological polar surface area (TPSA) is 12.0 Å². The third-order valence-corrected chi connectivity index (χ3v) is 4.84. The Morgan fingerprint density at radius 1 is 1.17 bits per heavy atom. The quantitative estimate of drug-likeness (QED) is 0.894. The third kappa shape index (κ3) is 2.33. The second-order valence-electron chi connectivity index (χ2n) is 5.02. The SMILES string of the molecule is Clc1ccc(C2(CCc3ccsc3)CNC2)cc1. The Morgan fingerprint density at radius 3 is 2.50 bits per heavy atom. The monoisotopic (exact) mass is 277 g/mol. The van der Waals surface area contributed by atoms with Gasteiger partial charge in [0.05, 0.1) is 0 Å². The molecule has 1 saturated heterocycles. The van der Waals surface area contributed by atoms with Crippen LogP contribution >= 0.6 is 22.9 Å². The van der Waals surface area contributed by atoms with Crippen LogP contribution in [0, 0.1) is 0 Å². The van der Waals surface area contributed by atoms with Gasteiger partial charge in [0, 0.05) is 23.5 Å². The highest BCUT2D eigenvalue weighted by atomic mass is 35.5. The van der Waals surface area contributed by atoms with E-state index in [9.17, 15) is 0 Å². The summed E-state index contributed by atoms with van der Waals surface area (Å²) in [5.74, 6) is 0. The van der Waals surface area contributed by atoms with E-state index < -0.39 is 0 Å². The fraction of sp³-hybridized carbons (Fsp3) is 0.333. The summed E-state index contributed by atoms with van der Waals surface area (Å²) < 4.78 is 0. The molecule has 0 unspecified atom stereocenters. The summed E-state index contributed by atoms with van der Waals surface area (Å²) in [6, 6.07) is 10.6. The minimum absolute atomic E-state index is 0.312. The summed E-state index contributed by atoms with van der Waals surface area (Å²) in [5, 5.41) is 8.64. The Morgan fingerprint density at radius 2 is 1.94 bits per heavy atom. The number of hydrogen-bond donors (Lipinski definition) is 1. The highest BCUT2D eigenvalue weighted by Crippen LogP contribution is 2.34. The standard InChI is InChI=1S/C15H16ClNS/c16-14-3-1-13(2-4-14)15(10-17-11-15)7-5-12-6-8-18-9-12/h1-4,6,8-9,17H,5,7,10-11H2. The van der Waals surface area contributed by atoms with Gasteiger partial charge in [0.15, 0.2) is 0 Å². The molecule has 0 bridgehead atoms. The van der Waals surface area contributed by atoms with Crippen LogP contribution in [0.15, 0.2) is 41.1 Å². The van der Waals surface area contributed by atoms with Crippen molar-refractivity contribution in [3.05, 3.63) is 57.2 Å². The molecule has 2 aromatic rings. The average molecular weight is 278 g/mol. The zero-order valence-corrected chi connectivity index (χ0v) is 11.7. The summed E-state index contributed by atoms with van der Waals surface area (Å²) in [6.07, 6.45) is 2.37. The Kier molecular flexibility index (Phi) is 3.42. The molecular formula is C15H16ClNS. The van der Waals surface area contributed by atoms with Crippen LogP contribution in [0.5, 0.6) is 0 Å². The largest absolute Gasteiger partial charge is 0.315 e. The molecule has 1 aromatic heterocycles. The number of nitrogens with one attached hydrogen (secondary N) is 1. The summed E-state index contributed by atoms with van der Waals surface area (Å²) in [4.78, 5) is 0. The van der Waals surface area contributed by atoms with Crippen molar-refractivity contribution in [3.8, 4) is 0 Å². The van der Waals surface area contributed by atoms with Crippen molar-refractivity contribution in [3.63, 3.8) is 0 Å². The summed E-state index contributed by atoms with van der Waals surface area (Å²) in [6.45, 7) is 2.16. The normalized spacial score (nSPS) is 17.4. The molecule has 3 rings (SSSR count). The molecule has 1 nitrogen and oxygen atoms in total. The van der Waals surface area contributed by atoms with Gasteiger partial charge in [-0.25, -0.2) is 0 Å². The van der Waals surface area contributed by atoms with E-state index in [-0.39, 0.29) is 0 Å². The number of thiophene rings is 1. The van der Waals surface area contributed by atoms with Crippen LogP contribution in [-0.4, -0.2) is 13.1 Å². The maximum absolute atomic E-state index is 5.97. The first kappa shape index (κ1) is 12.2. The second-order valence-corrected chi connectivity index (χ2v) is 6.24. The fourth-order valence-corrected chi connectivity index (χ4v) is 3.40. The van der Waals surface area contributed by atoms with Crippen LogP contribution in [0.25, 0.3) is 0 Å². The lowest BCUT2D eigenvalue weighted by Gasteiger charge is -2.43. The van der Waals surface area contributed by atoms with E-state index in [1.54, 1.807) is 11.3 Å². The average Bonchev–Trinajstić information content (AvgIpc) is 2.83. The van der Waals surface area contributed by atoms with Crippen molar-refractivity contribution in [1.82, 2.24) is 5.32 Å². The van der Waals surface area contributed by atoms with E-state index in [2.05, 4.69) is 34.3 Å². The molecule has 0 atom stereocenters. The zero-order chi connectivity index (χ0) is 12.4. The molecule has 0 radical (unpaired) electrons. The van der Waals surface area contributed by atoms with Gasteiger partial charge in [-0.15, -0.1) is 0 Å². The van der Waals surface area contributed by atoms with Gasteiger partial charge < -0.3 is 5.32 Å². The molecule has 94 valence electrons. The van der Waals surface area contributed by atoms with Gasteiger partial charge in [-0.1, -0.05) is 23.7 Å². The lowest BCUT2D eigenvalue weighted by molar-refractivity contribution is 0.258. The Labute approximate surface area is 117 Å². The molecule has 1 aliphatic heterocycles. The number of rotatable bonds is 4. The molecule has 3 heteroatoms. The Hall–Kier alpha value is -0.830. The zero-order valence-electron chi connectivity index (χ0n) is 10.2. The molecule has 1 aliphatic rings. The molecule has 1 aromatic carbocycles. The van der Waals surface area contributed by atoms with Crippen molar-refractivity contribution in [1.29, 1.82) is 0 Å². The number of hydrogen-bond acceptors (Lipinski definition) is 2. The Bertz CT molecular complexity index is 500. The number of aryl methyl sites for hydroxylation is 1. The molecule has 2 heterocycles. The second kappa shape index (κ2) is 5.04. The minimum atomic E-state index is 0.312. The smallest absolute Gasteiger partial charge is 0.0406 e. The lowest BCUT2D eigenvalue weighted by atomic mass is 9.71. The van der Waals surface area contributed by atoms with Crippen LogP contribution in [-0.2, 0) is 11.8 Å². The van der Waals surface area contributed by atoms with Crippen LogP contribution in [0.1, 0.15) is 17.5 Å². The van der Waals surface area contributed by atoms with Gasteiger partial charge in [-0.2, -0.15) is 11.3 Å². The molecule has 0 spiro atoms. The molecule has 1 fully saturated rings. The van der Waals surface area contributed by atoms with Crippen molar-refractivity contribution in [2.75, 3.05) is 13.1 Å². The fourth-order valence-electron chi connectivity index (χ4n) is 2.57. The van der Waals surface area contributed by atoms with E-state index in [1.165, 1.54) is 17.5 Å². The molecule has 18 heavy (non-hydrogen) atoms. The van der Waals surface area contributed by atoms with E-state index in [0.717, 1.165) is 24.5 Å². The van der Waals surface area contributed by atoms with Crippen molar-refractivity contribution >= 4 is 22.9 Å². The van der Waals surface area contributed by atoms with Gasteiger partial charge in [0.25, 0.3) is 0 Å². The highest BCUT2D eigenvalue weighted by Gasteiger charge is 2.37. The van der Waals surface area contributed by atoms with Gasteiger partial charge in [0.1, 0.15) is 0 Å². The first-order valence-electron chi connectivity index (χ1n) is 6.26. The van der Waals surface area contributed by atoms with E-state index in [4.69, 9.17) is 11.6 Å². The van der Waals surface area contributed by atoms with E-state index in [1.807, 2.05) is 12.1 Å². The molecule has 0 saturated carbocycles. The first-order chi connectivity index (χ1) is 8.78. The third-order valence-electron chi connectivity index (χ3n) is 3.86. The van der Waals surface area contributed by atoms with Crippen molar-refractivity contribution in [2.24, 2.45) is 0 Å². The maximum Gasteiger partial charge on any atom is 0.0406 e. The summed E-state index contributed by atoms with van der Waals surface area (Å²) in [5.41, 5.74) is 3.19. The number of halogens is 1. The predicted molar refractivity (Wildman–Crippen MR) is 78.6 cm³/mol. The molecule has 0 amide bonds. The summed E-state index contributed by atoms with van der Waals surface area (Å²) in [7, 11) is 0. The van der Waals surface area contributed by atoms with Crippen LogP contribution in [0.3, 0.4) is 0 Å². The molecule has 1 N–H and O–H groups in total. The minimum Gasteiger partial charge on any atom is -0.315 e. The van der Waals surface area contributed by atoms with Gasteiger partial charge in [-0.3, -0.25) is 0 Å².